The van der Waals surface area contributed by atoms with E-state index in [1.54, 1.807) is 11.3 Å². The van der Waals surface area contributed by atoms with Gasteiger partial charge in [-0.25, -0.2) is 0 Å². The Morgan fingerprint density at radius 3 is 2.80 bits per heavy atom. The largest absolute Gasteiger partial charge is 0.318 e. The van der Waals surface area contributed by atoms with Crippen LogP contribution in [0.15, 0.2) is 17.5 Å². The summed E-state index contributed by atoms with van der Waals surface area (Å²) in [6.07, 6.45) is 5.45. The smallest absolute Gasteiger partial charge is 0.241 e. The van der Waals surface area contributed by atoms with Crippen molar-refractivity contribution in [3.8, 4) is 0 Å². The third-order valence-corrected chi connectivity index (χ3v) is 4.95. The standard InChI is InChI=1S/C16H26N2OS/c1-4-6-9-13-16(19)18(12(3)8-5-2)15(17-13)14-10-7-11-20-14/h7,10-13,15,17H,4-6,8-9H2,1-3H3. The van der Waals surface area contributed by atoms with Crippen molar-refractivity contribution in [1.29, 1.82) is 0 Å². The first-order chi connectivity index (χ1) is 9.69. The lowest BCUT2D eigenvalue weighted by Gasteiger charge is -2.29. The van der Waals surface area contributed by atoms with Crippen LogP contribution in [0.2, 0.25) is 0 Å². The fourth-order valence-electron chi connectivity index (χ4n) is 2.96. The Morgan fingerprint density at radius 1 is 1.40 bits per heavy atom. The second kappa shape index (κ2) is 7.23. The van der Waals surface area contributed by atoms with Crippen LogP contribution < -0.4 is 5.32 Å². The fraction of sp³-hybridized carbons (Fsp3) is 0.688. The molecule has 2 heterocycles. The maximum Gasteiger partial charge on any atom is 0.241 e. The molecule has 1 aliphatic heterocycles. The van der Waals surface area contributed by atoms with Crippen molar-refractivity contribution in [2.24, 2.45) is 0 Å². The molecule has 112 valence electrons. The summed E-state index contributed by atoms with van der Waals surface area (Å²) in [4.78, 5) is 16.0. The van der Waals surface area contributed by atoms with Crippen molar-refractivity contribution in [3.63, 3.8) is 0 Å². The van der Waals surface area contributed by atoms with Gasteiger partial charge in [-0.15, -0.1) is 11.3 Å². The minimum atomic E-state index is 0.00126. The molecule has 2 rings (SSSR count). The maximum atomic E-state index is 12.7. The molecule has 3 unspecified atom stereocenters. The quantitative estimate of drug-likeness (QED) is 0.826. The zero-order valence-corrected chi connectivity index (χ0v) is 13.6. The van der Waals surface area contributed by atoms with Crippen LogP contribution in [0.3, 0.4) is 0 Å². The van der Waals surface area contributed by atoms with E-state index in [1.165, 1.54) is 4.88 Å². The molecule has 0 aromatic carbocycles. The van der Waals surface area contributed by atoms with Crippen LogP contribution in [0, 0.1) is 0 Å². The van der Waals surface area contributed by atoms with E-state index in [2.05, 4.69) is 48.5 Å². The van der Waals surface area contributed by atoms with Crippen molar-refractivity contribution < 1.29 is 4.79 Å². The average Bonchev–Trinajstić information content (AvgIpc) is 3.04. The Morgan fingerprint density at radius 2 is 2.20 bits per heavy atom. The molecule has 0 bridgehead atoms. The van der Waals surface area contributed by atoms with E-state index in [4.69, 9.17) is 0 Å². The normalized spacial score (nSPS) is 24.4. The number of amides is 1. The monoisotopic (exact) mass is 294 g/mol. The Hall–Kier alpha value is -0.870. The van der Waals surface area contributed by atoms with Gasteiger partial charge in [-0.05, 0) is 31.2 Å². The molecule has 3 nitrogen and oxygen atoms in total. The average molecular weight is 294 g/mol. The van der Waals surface area contributed by atoms with Gasteiger partial charge in [0.15, 0.2) is 0 Å². The highest BCUT2D eigenvalue weighted by atomic mass is 32.1. The van der Waals surface area contributed by atoms with Crippen LogP contribution in [-0.4, -0.2) is 22.9 Å². The SMILES string of the molecule is CCCCC1NC(c2cccs2)N(C(C)CCC)C1=O. The molecule has 0 radical (unpaired) electrons. The molecule has 3 atom stereocenters. The number of thiophene rings is 1. The topological polar surface area (TPSA) is 32.3 Å². The molecule has 1 amide bonds. The van der Waals surface area contributed by atoms with E-state index in [9.17, 15) is 4.79 Å². The maximum absolute atomic E-state index is 12.7. The lowest BCUT2D eigenvalue weighted by molar-refractivity contribution is -0.132. The van der Waals surface area contributed by atoms with Crippen molar-refractivity contribution in [2.75, 3.05) is 0 Å². The van der Waals surface area contributed by atoms with E-state index < -0.39 is 0 Å². The van der Waals surface area contributed by atoms with Crippen molar-refractivity contribution >= 4 is 17.2 Å². The Balaban J connectivity index is 2.16. The van der Waals surface area contributed by atoms with Gasteiger partial charge in [-0.2, -0.15) is 0 Å². The first kappa shape index (κ1) is 15.5. The molecule has 1 N–H and O–H groups in total. The van der Waals surface area contributed by atoms with Crippen molar-refractivity contribution in [3.05, 3.63) is 22.4 Å². The summed E-state index contributed by atoms with van der Waals surface area (Å²) in [5.41, 5.74) is 0. The van der Waals surface area contributed by atoms with Crippen LogP contribution in [-0.2, 0) is 4.79 Å². The van der Waals surface area contributed by atoms with Gasteiger partial charge in [0.05, 0.1) is 6.04 Å². The third kappa shape index (κ3) is 3.23. The molecule has 1 saturated heterocycles. The van der Waals surface area contributed by atoms with Crippen LogP contribution >= 0.6 is 11.3 Å². The van der Waals surface area contributed by atoms with Gasteiger partial charge in [0, 0.05) is 10.9 Å². The molecule has 0 spiro atoms. The first-order valence-electron chi connectivity index (χ1n) is 7.80. The van der Waals surface area contributed by atoms with E-state index in [1.807, 2.05) is 0 Å². The van der Waals surface area contributed by atoms with Gasteiger partial charge in [0.25, 0.3) is 0 Å². The highest BCUT2D eigenvalue weighted by Gasteiger charge is 2.41. The summed E-state index contributed by atoms with van der Waals surface area (Å²) in [7, 11) is 0. The zero-order chi connectivity index (χ0) is 14.5. The third-order valence-electron chi connectivity index (χ3n) is 4.03. The summed E-state index contributed by atoms with van der Waals surface area (Å²) in [6.45, 7) is 6.53. The number of carbonyl (C=O) groups excluding carboxylic acids is 1. The number of hydrogen-bond acceptors (Lipinski definition) is 3. The van der Waals surface area contributed by atoms with Crippen molar-refractivity contribution in [1.82, 2.24) is 10.2 Å². The van der Waals surface area contributed by atoms with Gasteiger partial charge in [-0.3, -0.25) is 10.1 Å². The lowest BCUT2D eigenvalue weighted by atomic mass is 10.1. The molecular weight excluding hydrogens is 268 g/mol. The summed E-state index contributed by atoms with van der Waals surface area (Å²) in [5.74, 6) is 0.290. The van der Waals surface area contributed by atoms with Gasteiger partial charge in [0.2, 0.25) is 5.91 Å². The van der Waals surface area contributed by atoms with Crippen LogP contribution in [0.4, 0.5) is 0 Å². The minimum absolute atomic E-state index is 0.00126. The van der Waals surface area contributed by atoms with Crippen LogP contribution in [0.25, 0.3) is 0 Å². The molecule has 1 fully saturated rings. The molecule has 0 saturated carbocycles. The molecule has 0 aliphatic carbocycles. The van der Waals surface area contributed by atoms with Crippen LogP contribution in [0.1, 0.15) is 63.9 Å². The molecular formula is C16H26N2OS. The lowest BCUT2D eigenvalue weighted by Crippen LogP contribution is -2.38. The molecule has 1 aromatic rings. The summed E-state index contributed by atoms with van der Waals surface area (Å²) in [5, 5.41) is 5.64. The number of carbonyl (C=O) groups is 1. The molecule has 1 aromatic heterocycles. The zero-order valence-electron chi connectivity index (χ0n) is 12.8. The van der Waals surface area contributed by atoms with E-state index in [-0.39, 0.29) is 18.1 Å². The summed E-state index contributed by atoms with van der Waals surface area (Å²) >= 11 is 1.73. The highest BCUT2D eigenvalue weighted by Crippen LogP contribution is 2.32. The highest BCUT2D eigenvalue weighted by molar-refractivity contribution is 7.10. The predicted octanol–water partition coefficient (Wildman–Crippen LogP) is 3.93. The van der Waals surface area contributed by atoms with Gasteiger partial charge in [-0.1, -0.05) is 39.2 Å². The number of rotatable bonds is 7. The van der Waals surface area contributed by atoms with Gasteiger partial charge >= 0.3 is 0 Å². The number of hydrogen-bond donors (Lipinski definition) is 1. The van der Waals surface area contributed by atoms with E-state index >= 15 is 0 Å². The fourth-order valence-corrected chi connectivity index (χ4v) is 3.74. The number of unbranched alkanes of at least 4 members (excludes halogenated alkanes) is 1. The number of nitrogens with one attached hydrogen (secondary N) is 1. The molecule has 20 heavy (non-hydrogen) atoms. The van der Waals surface area contributed by atoms with Crippen molar-refractivity contribution in [2.45, 2.75) is 71.1 Å². The first-order valence-corrected chi connectivity index (χ1v) is 8.68. The molecule has 4 heteroatoms. The van der Waals surface area contributed by atoms with E-state index in [0.717, 1.165) is 32.1 Å². The predicted molar refractivity (Wildman–Crippen MR) is 84.7 cm³/mol. The van der Waals surface area contributed by atoms with Gasteiger partial charge < -0.3 is 4.90 Å². The Bertz CT molecular complexity index is 418. The Kier molecular flexibility index (Phi) is 5.61. The number of nitrogens with zero attached hydrogens (tertiary/aromatic N) is 1. The van der Waals surface area contributed by atoms with Gasteiger partial charge in [0.1, 0.15) is 6.17 Å². The summed E-state index contributed by atoms with van der Waals surface area (Å²) in [6, 6.07) is 4.50. The minimum Gasteiger partial charge on any atom is -0.318 e. The van der Waals surface area contributed by atoms with Crippen LogP contribution in [0.5, 0.6) is 0 Å². The second-order valence-corrected chi connectivity index (χ2v) is 6.64. The second-order valence-electron chi connectivity index (χ2n) is 5.66. The summed E-state index contributed by atoms with van der Waals surface area (Å²) < 4.78 is 0. The molecule has 1 aliphatic rings. The van der Waals surface area contributed by atoms with E-state index in [0.29, 0.717) is 6.04 Å². The Labute approximate surface area is 126 Å².